The Bertz CT molecular complexity index is 612. The van der Waals surface area contributed by atoms with Gasteiger partial charge in [-0.15, -0.1) is 0 Å². The molecule has 5 nitrogen and oxygen atoms in total. The van der Waals surface area contributed by atoms with E-state index in [2.05, 4.69) is 0 Å². The largest absolute Gasteiger partial charge is 0.497 e. The molecule has 7 heteroatoms. The van der Waals surface area contributed by atoms with Crippen molar-refractivity contribution in [2.24, 2.45) is 0 Å². The predicted molar refractivity (Wildman–Crippen MR) is 80.9 cm³/mol. The summed E-state index contributed by atoms with van der Waals surface area (Å²) < 4.78 is 5.12. The van der Waals surface area contributed by atoms with Crippen LogP contribution in [0, 0.1) is 0 Å². The topological polar surface area (TPSA) is 66.8 Å². The number of amides is 1. The fraction of sp³-hybridized carbons (Fsp3) is 0.154. The highest BCUT2D eigenvalue weighted by Gasteiger charge is 2.32. The van der Waals surface area contributed by atoms with Crippen LogP contribution in [0.15, 0.2) is 29.2 Å². The minimum atomic E-state index is -1.09. The predicted octanol–water partition coefficient (Wildman–Crippen LogP) is 2.62. The number of thiocarbonyl (C=S) groups is 1. The zero-order chi connectivity index (χ0) is 14.7. The number of hydrogen-bond acceptors (Lipinski definition) is 5. The maximum atomic E-state index is 11.7. The van der Waals surface area contributed by atoms with Crippen molar-refractivity contribution in [1.82, 2.24) is 4.90 Å². The van der Waals surface area contributed by atoms with E-state index >= 15 is 0 Å². The van der Waals surface area contributed by atoms with E-state index in [1.807, 2.05) is 18.2 Å². The van der Waals surface area contributed by atoms with E-state index in [1.54, 1.807) is 19.3 Å². The van der Waals surface area contributed by atoms with Gasteiger partial charge in [-0.05, 0) is 35.5 Å². The van der Waals surface area contributed by atoms with Gasteiger partial charge in [-0.25, -0.2) is 0 Å². The quantitative estimate of drug-likeness (QED) is 0.681. The van der Waals surface area contributed by atoms with Gasteiger partial charge in [0.15, 0.2) is 0 Å². The van der Waals surface area contributed by atoms with Crippen LogP contribution in [0.5, 0.6) is 5.75 Å². The normalized spacial score (nSPS) is 16.9. The number of hydrogen-bond donors (Lipinski definition) is 1. The summed E-state index contributed by atoms with van der Waals surface area (Å²) in [6, 6.07) is 7.29. The van der Waals surface area contributed by atoms with Crippen LogP contribution in [0.4, 0.5) is 4.79 Å². The Labute approximate surface area is 125 Å². The number of thioether (sulfide) groups is 1. The van der Waals surface area contributed by atoms with Crippen molar-refractivity contribution in [3.8, 4) is 5.75 Å². The summed E-state index contributed by atoms with van der Waals surface area (Å²) in [5, 5.41) is 8.39. The van der Waals surface area contributed by atoms with Gasteiger partial charge in [-0.2, -0.15) is 0 Å². The van der Waals surface area contributed by atoms with E-state index < -0.39 is 12.5 Å². The van der Waals surface area contributed by atoms with Crippen LogP contribution in [0.3, 0.4) is 0 Å². The average molecular weight is 309 g/mol. The molecule has 1 saturated heterocycles. The number of carbonyl (C=O) groups excluding carboxylic acids is 1. The van der Waals surface area contributed by atoms with E-state index in [-0.39, 0.29) is 10.2 Å². The van der Waals surface area contributed by atoms with Crippen molar-refractivity contribution < 1.29 is 19.4 Å². The Morgan fingerprint density at radius 3 is 2.95 bits per heavy atom. The van der Waals surface area contributed by atoms with Gasteiger partial charge >= 0.3 is 5.97 Å². The van der Waals surface area contributed by atoms with Gasteiger partial charge in [0.05, 0.1) is 12.0 Å². The molecule has 0 saturated carbocycles. The second kappa shape index (κ2) is 6.06. The van der Waals surface area contributed by atoms with Crippen LogP contribution in [0.25, 0.3) is 6.08 Å². The summed E-state index contributed by atoms with van der Waals surface area (Å²) in [6.45, 7) is -0.417. The number of carboxylic acid groups (broad SMARTS) is 1. The Morgan fingerprint density at radius 1 is 1.55 bits per heavy atom. The zero-order valence-corrected chi connectivity index (χ0v) is 12.2. The lowest BCUT2D eigenvalue weighted by Crippen LogP contribution is -2.32. The highest BCUT2D eigenvalue weighted by atomic mass is 32.2. The first kappa shape index (κ1) is 14.5. The molecule has 1 aromatic rings. The second-order valence-corrected chi connectivity index (χ2v) is 5.32. The molecule has 1 heterocycles. The number of carboxylic acids is 1. The van der Waals surface area contributed by atoms with Gasteiger partial charge in [-0.1, -0.05) is 24.4 Å². The Morgan fingerprint density at radius 2 is 2.30 bits per heavy atom. The maximum absolute atomic E-state index is 11.7. The van der Waals surface area contributed by atoms with E-state index in [4.69, 9.17) is 22.1 Å². The molecule has 1 amide bonds. The van der Waals surface area contributed by atoms with Gasteiger partial charge < -0.3 is 9.84 Å². The smallest absolute Gasteiger partial charge is 0.323 e. The number of aliphatic carboxylic acids is 1. The number of ether oxygens (including phenoxy) is 1. The molecule has 0 aliphatic carbocycles. The molecule has 0 unspecified atom stereocenters. The Balaban J connectivity index is 2.25. The maximum Gasteiger partial charge on any atom is 0.323 e. The molecular weight excluding hydrogens is 298 g/mol. The highest BCUT2D eigenvalue weighted by molar-refractivity contribution is 8.19. The molecule has 1 N–H and O–H groups in total. The zero-order valence-electron chi connectivity index (χ0n) is 10.5. The number of rotatable bonds is 4. The first-order chi connectivity index (χ1) is 9.51. The summed E-state index contributed by atoms with van der Waals surface area (Å²) in [7, 11) is 1.57. The molecular formula is C13H11NO4S2. The molecule has 0 atom stereocenters. The lowest BCUT2D eigenvalue weighted by Gasteiger charge is -2.10. The van der Waals surface area contributed by atoms with Crippen molar-refractivity contribution in [1.29, 1.82) is 0 Å². The lowest BCUT2D eigenvalue weighted by molar-refractivity contribution is -0.136. The second-order valence-electron chi connectivity index (χ2n) is 3.94. The first-order valence-corrected chi connectivity index (χ1v) is 6.85. The van der Waals surface area contributed by atoms with E-state index in [9.17, 15) is 9.59 Å². The number of nitrogens with zero attached hydrogens (tertiary/aromatic N) is 1. The molecule has 0 radical (unpaired) electrons. The summed E-state index contributed by atoms with van der Waals surface area (Å²) in [5.74, 6) is -0.397. The van der Waals surface area contributed by atoms with E-state index in [0.717, 1.165) is 22.2 Å². The number of carbonyl (C=O) groups is 2. The van der Waals surface area contributed by atoms with Crippen LogP contribution < -0.4 is 4.74 Å². The number of methoxy groups -OCH3 is 1. The first-order valence-electron chi connectivity index (χ1n) is 5.62. The summed E-state index contributed by atoms with van der Waals surface area (Å²) in [6.07, 6.45) is 1.75. The average Bonchev–Trinajstić information content (AvgIpc) is 2.66. The van der Waals surface area contributed by atoms with Crippen LogP contribution in [-0.4, -0.2) is 39.9 Å². The summed E-state index contributed by atoms with van der Waals surface area (Å²) in [4.78, 5) is 24.3. The van der Waals surface area contributed by atoms with Crippen LogP contribution in [0.2, 0.25) is 0 Å². The van der Waals surface area contributed by atoms with Crippen molar-refractivity contribution in [2.75, 3.05) is 13.7 Å². The van der Waals surface area contributed by atoms with Crippen molar-refractivity contribution in [2.45, 2.75) is 0 Å². The molecule has 2 rings (SSSR count). The van der Waals surface area contributed by atoms with E-state index in [0.29, 0.717) is 10.7 Å². The molecule has 1 fully saturated rings. The van der Waals surface area contributed by atoms with Crippen molar-refractivity contribution in [3.63, 3.8) is 0 Å². The van der Waals surface area contributed by atoms with Gasteiger partial charge in [-0.3, -0.25) is 14.5 Å². The molecule has 1 aliphatic heterocycles. The van der Waals surface area contributed by atoms with Crippen molar-refractivity contribution >= 4 is 46.3 Å². The fourth-order valence-corrected chi connectivity index (χ4v) is 2.89. The fourth-order valence-electron chi connectivity index (χ4n) is 1.65. The molecule has 1 aromatic carbocycles. The Kier molecular flexibility index (Phi) is 4.41. The molecule has 1 aliphatic rings. The Hall–Kier alpha value is -1.86. The SMILES string of the molecule is COc1cccc(C=C2SC(=O)N(CC(=O)O)C2=S)c1. The van der Waals surface area contributed by atoms with Crippen LogP contribution in [0.1, 0.15) is 5.56 Å². The van der Waals surface area contributed by atoms with Crippen LogP contribution >= 0.6 is 24.0 Å². The van der Waals surface area contributed by atoms with E-state index in [1.165, 1.54) is 0 Å². The van der Waals surface area contributed by atoms with Gasteiger partial charge in [0.2, 0.25) is 0 Å². The lowest BCUT2D eigenvalue weighted by atomic mass is 10.2. The monoisotopic (exact) mass is 309 g/mol. The van der Waals surface area contributed by atoms with Crippen molar-refractivity contribution in [3.05, 3.63) is 34.7 Å². The van der Waals surface area contributed by atoms with Gasteiger partial charge in [0.1, 0.15) is 17.3 Å². The summed E-state index contributed by atoms with van der Waals surface area (Å²) >= 11 is 6.07. The van der Waals surface area contributed by atoms with Crippen LogP contribution in [-0.2, 0) is 4.79 Å². The minimum Gasteiger partial charge on any atom is -0.497 e. The standard InChI is InChI=1S/C13H11NO4S2/c1-18-9-4-2-3-8(5-9)6-10-12(19)14(7-11(15)16)13(17)20-10/h2-6H,7H2,1H3,(H,15,16). The highest BCUT2D eigenvalue weighted by Crippen LogP contribution is 2.33. The minimum absolute atomic E-state index is 0.241. The molecule has 0 aromatic heterocycles. The molecule has 104 valence electrons. The third kappa shape index (κ3) is 3.17. The molecule has 0 spiro atoms. The van der Waals surface area contributed by atoms with Gasteiger partial charge in [0, 0.05) is 0 Å². The number of benzene rings is 1. The van der Waals surface area contributed by atoms with Gasteiger partial charge in [0.25, 0.3) is 5.24 Å². The molecule has 20 heavy (non-hydrogen) atoms. The third-order valence-electron chi connectivity index (χ3n) is 2.56. The molecule has 0 bridgehead atoms. The summed E-state index contributed by atoms with van der Waals surface area (Å²) in [5.41, 5.74) is 0.833. The third-order valence-corrected chi connectivity index (χ3v) is 4.05.